The van der Waals surface area contributed by atoms with Crippen LogP contribution < -0.4 is 0 Å². The summed E-state index contributed by atoms with van der Waals surface area (Å²) in [5.41, 5.74) is 0.355. The van der Waals surface area contributed by atoms with Crippen molar-refractivity contribution in [2.75, 3.05) is 6.61 Å². The molecule has 1 N–H and O–H groups in total. The Morgan fingerprint density at radius 1 is 1.12 bits per heavy atom. The molecule has 0 aromatic heterocycles. The second-order valence-corrected chi connectivity index (χ2v) is 5.96. The molecule has 0 spiro atoms. The molecule has 0 amide bonds. The Bertz CT molecular complexity index is 484. The number of esters is 2. The van der Waals surface area contributed by atoms with Crippen molar-refractivity contribution in [2.24, 2.45) is 0 Å². The average Bonchev–Trinajstić information content (AvgIpc) is 2.85. The minimum absolute atomic E-state index is 0.197. The van der Waals surface area contributed by atoms with Crippen LogP contribution >= 0.6 is 0 Å². The summed E-state index contributed by atoms with van der Waals surface area (Å²) in [6.45, 7) is 1.99. The van der Waals surface area contributed by atoms with E-state index in [1.54, 1.807) is 0 Å². The molecule has 1 unspecified atom stereocenters. The van der Waals surface area contributed by atoms with Crippen LogP contribution in [0.1, 0.15) is 71.1 Å². The van der Waals surface area contributed by atoms with Gasteiger partial charge in [0.15, 0.2) is 0 Å². The molecule has 1 atom stereocenters. The van der Waals surface area contributed by atoms with Gasteiger partial charge < -0.3 is 14.6 Å². The van der Waals surface area contributed by atoms with Crippen LogP contribution in [0.2, 0.25) is 0 Å². The summed E-state index contributed by atoms with van der Waals surface area (Å²) in [5, 5.41) is 9.34. The zero-order valence-corrected chi connectivity index (χ0v) is 14.5. The lowest BCUT2D eigenvalue weighted by Gasteiger charge is -2.03. The maximum Gasteiger partial charge on any atom is 0.334 e. The topological polar surface area (TPSA) is 72.8 Å². The quantitative estimate of drug-likeness (QED) is 0.356. The monoisotopic (exact) mass is 336 g/mol. The molecule has 0 bridgehead atoms. The van der Waals surface area contributed by atoms with Crippen LogP contribution in [-0.2, 0) is 19.1 Å². The minimum atomic E-state index is -1.18. The van der Waals surface area contributed by atoms with Gasteiger partial charge in [0.25, 0.3) is 0 Å². The molecule has 0 aromatic carbocycles. The van der Waals surface area contributed by atoms with Crippen molar-refractivity contribution >= 4 is 11.9 Å². The first kappa shape index (κ1) is 20.2. The normalized spacial score (nSPS) is 16.2. The number of cyclic esters (lactones) is 1. The molecule has 1 rings (SSSR count). The van der Waals surface area contributed by atoms with Crippen LogP contribution in [0.15, 0.2) is 11.6 Å². The molecular formula is C19H28O5. The molecule has 1 aliphatic rings. The van der Waals surface area contributed by atoms with Gasteiger partial charge in [0.05, 0.1) is 12.2 Å². The summed E-state index contributed by atoms with van der Waals surface area (Å²) in [5.74, 6) is 5.03. The van der Waals surface area contributed by atoms with Crippen LogP contribution in [0.3, 0.4) is 0 Å². The summed E-state index contributed by atoms with van der Waals surface area (Å²) in [6, 6.07) is 0. The lowest BCUT2D eigenvalue weighted by Crippen LogP contribution is -2.08. The summed E-state index contributed by atoms with van der Waals surface area (Å²) >= 11 is 0. The second kappa shape index (κ2) is 12.6. The summed E-state index contributed by atoms with van der Waals surface area (Å²) < 4.78 is 9.43. The van der Waals surface area contributed by atoms with Gasteiger partial charge in [-0.15, -0.1) is 0 Å². The molecular weight excluding hydrogens is 308 g/mol. The van der Waals surface area contributed by atoms with E-state index in [0.717, 1.165) is 32.1 Å². The maximum absolute atomic E-state index is 10.9. The van der Waals surface area contributed by atoms with Crippen LogP contribution in [0, 0.1) is 11.8 Å². The number of hydrogen-bond acceptors (Lipinski definition) is 5. The fourth-order valence-corrected chi connectivity index (χ4v) is 2.44. The zero-order valence-electron chi connectivity index (χ0n) is 14.5. The second-order valence-electron chi connectivity index (χ2n) is 5.96. The molecule has 0 radical (unpaired) electrons. The predicted octanol–water partition coefficient (Wildman–Crippen LogP) is 3.26. The van der Waals surface area contributed by atoms with Gasteiger partial charge in [-0.25, -0.2) is 4.79 Å². The molecule has 0 fully saturated rings. The van der Waals surface area contributed by atoms with E-state index in [4.69, 9.17) is 4.74 Å². The number of carbonyl (C=O) groups is 2. The third-order valence-electron chi connectivity index (χ3n) is 3.75. The number of ether oxygens (including phenoxy) is 2. The van der Waals surface area contributed by atoms with Crippen molar-refractivity contribution < 1.29 is 24.2 Å². The van der Waals surface area contributed by atoms with Crippen molar-refractivity contribution in [2.45, 2.75) is 77.4 Å². The predicted molar refractivity (Wildman–Crippen MR) is 90.8 cm³/mol. The summed E-state index contributed by atoms with van der Waals surface area (Å²) in [7, 11) is 0. The Morgan fingerprint density at radius 3 is 2.25 bits per heavy atom. The number of aliphatic hydroxyl groups is 1. The van der Waals surface area contributed by atoms with Gasteiger partial charge in [-0.05, 0) is 12.8 Å². The first-order valence-corrected chi connectivity index (χ1v) is 8.82. The molecule has 0 aliphatic carbocycles. The molecule has 24 heavy (non-hydrogen) atoms. The van der Waals surface area contributed by atoms with Crippen molar-refractivity contribution in [3.05, 3.63) is 11.6 Å². The molecule has 1 aliphatic heterocycles. The Kier molecular flexibility index (Phi) is 10.6. The van der Waals surface area contributed by atoms with Crippen molar-refractivity contribution in [1.29, 1.82) is 0 Å². The lowest BCUT2D eigenvalue weighted by molar-refractivity contribution is -0.150. The fraction of sp³-hybridized carbons (Fsp3) is 0.684. The third kappa shape index (κ3) is 10.1. The van der Waals surface area contributed by atoms with Gasteiger partial charge in [0.1, 0.15) is 0 Å². The number of carbonyl (C=O) groups excluding carboxylic acids is 2. The van der Waals surface area contributed by atoms with Crippen LogP contribution in [0.5, 0.6) is 0 Å². The number of aliphatic hydroxyl groups excluding tert-OH is 1. The number of hydrogen-bond donors (Lipinski definition) is 1. The molecule has 0 aromatic rings. The first-order valence-electron chi connectivity index (χ1n) is 8.82. The highest BCUT2D eigenvalue weighted by Gasteiger charge is 2.21. The average molecular weight is 336 g/mol. The first-order chi connectivity index (χ1) is 11.6. The molecule has 134 valence electrons. The Labute approximate surface area is 144 Å². The van der Waals surface area contributed by atoms with Gasteiger partial charge in [0.2, 0.25) is 6.29 Å². The van der Waals surface area contributed by atoms with Crippen molar-refractivity contribution in [1.82, 2.24) is 0 Å². The molecule has 1 heterocycles. The smallest absolute Gasteiger partial charge is 0.334 e. The van der Waals surface area contributed by atoms with E-state index in [2.05, 4.69) is 16.6 Å². The van der Waals surface area contributed by atoms with Crippen LogP contribution in [-0.4, -0.2) is 29.9 Å². The number of rotatable bonds is 11. The largest absolute Gasteiger partial charge is 0.466 e. The van der Waals surface area contributed by atoms with Gasteiger partial charge in [-0.2, -0.15) is 0 Å². The van der Waals surface area contributed by atoms with E-state index in [9.17, 15) is 14.7 Å². The van der Waals surface area contributed by atoms with E-state index in [0.29, 0.717) is 12.2 Å². The Balaban J connectivity index is 1.85. The fourth-order valence-electron chi connectivity index (χ4n) is 2.44. The highest BCUT2D eigenvalue weighted by atomic mass is 16.6. The summed E-state index contributed by atoms with van der Waals surface area (Å²) in [4.78, 5) is 21.5. The lowest BCUT2D eigenvalue weighted by atomic mass is 10.1. The highest BCUT2D eigenvalue weighted by molar-refractivity contribution is 5.86. The van der Waals surface area contributed by atoms with Gasteiger partial charge in [-0.1, -0.05) is 56.8 Å². The van der Waals surface area contributed by atoms with Crippen LogP contribution in [0.25, 0.3) is 0 Å². The number of unbranched alkanes of at least 4 members (excludes halogenated alkanes) is 9. The summed E-state index contributed by atoms with van der Waals surface area (Å²) in [6.07, 6.45) is 11.2. The Morgan fingerprint density at radius 2 is 1.71 bits per heavy atom. The Hall–Kier alpha value is -1.80. The van der Waals surface area contributed by atoms with Crippen LogP contribution in [0.4, 0.5) is 0 Å². The molecule has 0 saturated heterocycles. The van der Waals surface area contributed by atoms with Gasteiger partial charge >= 0.3 is 11.9 Å². The molecule has 0 saturated carbocycles. The third-order valence-corrected chi connectivity index (χ3v) is 3.75. The van der Waals surface area contributed by atoms with Crippen molar-refractivity contribution in [3.63, 3.8) is 0 Å². The molecule has 5 heteroatoms. The standard InChI is InChI=1S/C19H28O5/c1-16(20)23-14-12-10-8-6-4-2-3-5-7-9-11-13-17-15-18(21)24-19(17)22/h15,19,22H,2-10,12,14H2,1H3. The highest BCUT2D eigenvalue weighted by Crippen LogP contribution is 2.13. The van der Waals surface area contributed by atoms with Gasteiger partial charge in [0, 0.05) is 19.4 Å². The SMILES string of the molecule is CC(=O)OCCCCCCCCCCCC#CC1=CC(=O)OC1O. The van der Waals surface area contributed by atoms with E-state index in [1.807, 2.05) is 0 Å². The maximum atomic E-state index is 10.9. The zero-order chi connectivity index (χ0) is 17.6. The van der Waals surface area contributed by atoms with E-state index in [-0.39, 0.29) is 5.97 Å². The van der Waals surface area contributed by atoms with E-state index in [1.165, 1.54) is 45.1 Å². The van der Waals surface area contributed by atoms with Gasteiger partial charge in [-0.3, -0.25) is 4.79 Å². The molecule has 5 nitrogen and oxygen atoms in total. The van der Waals surface area contributed by atoms with Crippen molar-refractivity contribution in [3.8, 4) is 11.8 Å². The van der Waals surface area contributed by atoms with E-state index >= 15 is 0 Å². The minimum Gasteiger partial charge on any atom is -0.466 e. The van der Waals surface area contributed by atoms with E-state index < -0.39 is 12.3 Å².